The van der Waals surface area contributed by atoms with E-state index in [-0.39, 0.29) is 10.8 Å². The normalized spacial score (nSPS) is 11.3. The topological polar surface area (TPSA) is 83.6 Å². The van der Waals surface area contributed by atoms with E-state index in [0.29, 0.717) is 27.4 Å². The second-order valence-corrected chi connectivity index (χ2v) is 5.67. The highest BCUT2D eigenvalue weighted by molar-refractivity contribution is 6.34. The summed E-state index contributed by atoms with van der Waals surface area (Å²) in [7, 11) is 0. The van der Waals surface area contributed by atoms with E-state index in [2.05, 4.69) is 25.5 Å². The van der Waals surface area contributed by atoms with Crippen molar-refractivity contribution in [3.05, 3.63) is 51.8 Å². The number of rotatable bonds is 3. The van der Waals surface area contributed by atoms with Crippen molar-refractivity contribution in [1.29, 1.82) is 0 Å². The van der Waals surface area contributed by atoms with E-state index < -0.39 is 11.7 Å². The molecule has 122 valence electrons. The van der Waals surface area contributed by atoms with Crippen LogP contribution in [-0.2, 0) is 4.79 Å². The molecule has 0 saturated heterocycles. The summed E-state index contributed by atoms with van der Waals surface area (Å²) in [6, 6.07) is 2.78. The summed E-state index contributed by atoms with van der Waals surface area (Å²) < 4.78 is 14.0. The van der Waals surface area contributed by atoms with Gasteiger partial charge in [-0.25, -0.2) is 9.37 Å². The van der Waals surface area contributed by atoms with Gasteiger partial charge in [-0.3, -0.25) is 14.9 Å². The third kappa shape index (κ3) is 3.37. The molecule has 0 aliphatic rings. The fourth-order valence-corrected chi connectivity index (χ4v) is 2.33. The van der Waals surface area contributed by atoms with Gasteiger partial charge in [-0.2, -0.15) is 5.10 Å². The number of fused-ring (bicyclic) bond motifs is 1. The fourth-order valence-electron chi connectivity index (χ4n) is 1.99. The number of aromatic amines is 1. The number of nitrogens with zero attached hydrogens (tertiary/aromatic N) is 3. The molecule has 3 aromatic heterocycles. The van der Waals surface area contributed by atoms with Crippen LogP contribution in [0, 0.1) is 12.7 Å². The molecule has 3 aromatic rings. The molecule has 0 spiro atoms. The summed E-state index contributed by atoms with van der Waals surface area (Å²) in [5.74, 6) is -1.08. The Morgan fingerprint density at radius 2 is 2.17 bits per heavy atom. The van der Waals surface area contributed by atoms with Gasteiger partial charge in [-0.1, -0.05) is 23.2 Å². The highest BCUT2D eigenvalue weighted by Gasteiger charge is 2.10. The molecule has 1 amide bonds. The van der Waals surface area contributed by atoms with Crippen molar-refractivity contribution < 1.29 is 9.18 Å². The molecule has 24 heavy (non-hydrogen) atoms. The van der Waals surface area contributed by atoms with Crippen LogP contribution in [0.25, 0.3) is 17.1 Å². The quantitative estimate of drug-likeness (QED) is 0.692. The monoisotopic (exact) mass is 365 g/mol. The number of aryl methyl sites for hydroxylation is 1. The SMILES string of the molecule is Cc1ncc(Cl)cc1NC(=O)/C=C/c1nc2[nH]nc(Cl)c2cc1F. The number of carbonyl (C=O) groups excluding carboxylic acids is 1. The molecule has 0 unspecified atom stereocenters. The first-order valence-electron chi connectivity index (χ1n) is 6.75. The molecule has 9 heteroatoms. The summed E-state index contributed by atoms with van der Waals surface area (Å²) in [4.78, 5) is 20.0. The van der Waals surface area contributed by atoms with Crippen LogP contribution in [0.2, 0.25) is 10.2 Å². The van der Waals surface area contributed by atoms with Crippen LogP contribution in [0.4, 0.5) is 10.1 Å². The van der Waals surface area contributed by atoms with Crippen LogP contribution in [0.15, 0.2) is 24.4 Å². The zero-order valence-electron chi connectivity index (χ0n) is 12.3. The lowest BCUT2D eigenvalue weighted by atomic mass is 10.2. The Morgan fingerprint density at radius 3 is 2.96 bits per heavy atom. The molecule has 0 aliphatic heterocycles. The predicted octanol–water partition coefficient (Wildman–Crippen LogP) is 3.76. The standard InChI is InChI=1S/C15H10Cl2FN5O/c1-7-12(4-8(16)6-19-7)20-13(24)3-2-11-10(18)5-9-14(17)22-23-15(9)21-11/h2-6H,1H3,(H,20,24)(H,21,22,23)/b3-2+. The number of anilines is 1. The molecule has 0 saturated carbocycles. The van der Waals surface area contributed by atoms with E-state index in [1.165, 1.54) is 18.3 Å². The number of halogens is 3. The smallest absolute Gasteiger partial charge is 0.248 e. The first-order valence-corrected chi connectivity index (χ1v) is 7.51. The van der Waals surface area contributed by atoms with Crippen molar-refractivity contribution in [2.24, 2.45) is 0 Å². The van der Waals surface area contributed by atoms with Gasteiger partial charge in [0.15, 0.2) is 10.8 Å². The number of hydrogen-bond donors (Lipinski definition) is 2. The zero-order chi connectivity index (χ0) is 17.3. The second-order valence-electron chi connectivity index (χ2n) is 4.88. The van der Waals surface area contributed by atoms with Gasteiger partial charge in [-0.15, -0.1) is 0 Å². The third-order valence-corrected chi connectivity index (χ3v) is 3.68. The van der Waals surface area contributed by atoms with Crippen molar-refractivity contribution >= 4 is 51.9 Å². The molecule has 0 aliphatic carbocycles. The van der Waals surface area contributed by atoms with Crippen LogP contribution < -0.4 is 5.32 Å². The molecular formula is C15H10Cl2FN5O. The number of amides is 1. The van der Waals surface area contributed by atoms with Crippen LogP contribution in [0.3, 0.4) is 0 Å². The Kier molecular flexibility index (Phi) is 4.46. The maximum atomic E-state index is 14.0. The Balaban J connectivity index is 1.81. The number of H-pyrrole nitrogens is 1. The first kappa shape index (κ1) is 16.4. The Labute approximate surface area is 145 Å². The molecule has 0 fully saturated rings. The molecule has 2 N–H and O–H groups in total. The van der Waals surface area contributed by atoms with E-state index in [1.54, 1.807) is 13.0 Å². The van der Waals surface area contributed by atoms with Gasteiger partial charge < -0.3 is 5.32 Å². The number of carbonyl (C=O) groups is 1. The second kappa shape index (κ2) is 6.54. The lowest BCUT2D eigenvalue weighted by Gasteiger charge is -2.05. The maximum Gasteiger partial charge on any atom is 0.248 e. The average molecular weight is 366 g/mol. The average Bonchev–Trinajstić information content (AvgIpc) is 2.89. The molecular weight excluding hydrogens is 356 g/mol. The summed E-state index contributed by atoms with van der Waals surface area (Å²) in [5.41, 5.74) is 1.40. The Hall–Kier alpha value is -2.51. The number of pyridine rings is 2. The van der Waals surface area contributed by atoms with Crippen molar-refractivity contribution in [2.45, 2.75) is 6.92 Å². The molecule has 6 nitrogen and oxygen atoms in total. The maximum absolute atomic E-state index is 14.0. The van der Waals surface area contributed by atoms with Gasteiger partial charge in [0.25, 0.3) is 0 Å². The largest absolute Gasteiger partial charge is 0.321 e. The highest BCUT2D eigenvalue weighted by atomic mass is 35.5. The van der Waals surface area contributed by atoms with Crippen molar-refractivity contribution in [3.8, 4) is 0 Å². The summed E-state index contributed by atoms with van der Waals surface area (Å²) in [5, 5.41) is 9.83. The van der Waals surface area contributed by atoms with Gasteiger partial charge >= 0.3 is 0 Å². The van der Waals surface area contributed by atoms with E-state index in [1.807, 2.05) is 0 Å². The first-order chi connectivity index (χ1) is 11.4. The number of aromatic nitrogens is 4. The zero-order valence-corrected chi connectivity index (χ0v) is 13.8. The van der Waals surface area contributed by atoms with E-state index in [4.69, 9.17) is 23.2 Å². The Morgan fingerprint density at radius 1 is 1.38 bits per heavy atom. The molecule has 0 bridgehead atoms. The molecule has 0 radical (unpaired) electrons. The number of nitrogens with one attached hydrogen (secondary N) is 2. The van der Waals surface area contributed by atoms with Gasteiger partial charge in [0.05, 0.1) is 21.8 Å². The van der Waals surface area contributed by atoms with Crippen molar-refractivity contribution in [3.63, 3.8) is 0 Å². The van der Waals surface area contributed by atoms with Crippen LogP contribution in [0.5, 0.6) is 0 Å². The van der Waals surface area contributed by atoms with E-state index >= 15 is 0 Å². The van der Waals surface area contributed by atoms with Gasteiger partial charge in [-0.05, 0) is 25.1 Å². The Bertz CT molecular complexity index is 970. The summed E-state index contributed by atoms with van der Waals surface area (Å²) in [6.45, 7) is 1.73. The van der Waals surface area contributed by atoms with E-state index in [0.717, 1.165) is 6.08 Å². The molecule has 3 rings (SSSR count). The molecule has 3 heterocycles. The van der Waals surface area contributed by atoms with Crippen LogP contribution >= 0.6 is 23.2 Å². The lowest BCUT2D eigenvalue weighted by molar-refractivity contribution is -0.111. The van der Waals surface area contributed by atoms with Crippen molar-refractivity contribution in [2.75, 3.05) is 5.32 Å². The van der Waals surface area contributed by atoms with E-state index in [9.17, 15) is 9.18 Å². The highest BCUT2D eigenvalue weighted by Crippen LogP contribution is 2.22. The summed E-state index contributed by atoms with van der Waals surface area (Å²) in [6.07, 6.45) is 3.90. The molecule has 0 atom stereocenters. The minimum Gasteiger partial charge on any atom is -0.321 e. The minimum absolute atomic E-state index is 0.0149. The molecule has 0 aromatic carbocycles. The van der Waals surface area contributed by atoms with Gasteiger partial charge in [0.2, 0.25) is 5.91 Å². The van der Waals surface area contributed by atoms with Crippen molar-refractivity contribution in [1.82, 2.24) is 20.2 Å². The predicted molar refractivity (Wildman–Crippen MR) is 90.5 cm³/mol. The van der Waals surface area contributed by atoms with Gasteiger partial charge in [0.1, 0.15) is 11.5 Å². The number of hydrogen-bond acceptors (Lipinski definition) is 4. The lowest BCUT2D eigenvalue weighted by Crippen LogP contribution is -2.09. The van der Waals surface area contributed by atoms with Gasteiger partial charge in [0, 0.05) is 12.3 Å². The minimum atomic E-state index is -0.615. The summed E-state index contributed by atoms with van der Waals surface area (Å²) >= 11 is 11.6. The third-order valence-electron chi connectivity index (χ3n) is 3.19. The fraction of sp³-hybridized carbons (Fsp3) is 0.0667. The van der Waals surface area contributed by atoms with Crippen LogP contribution in [-0.4, -0.2) is 26.1 Å². The van der Waals surface area contributed by atoms with Crippen LogP contribution in [0.1, 0.15) is 11.4 Å².